The van der Waals surface area contributed by atoms with Gasteiger partial charge in [0.05, 0.1) is 23.2 Å². The lowest BCUT2D eigenvalue weighted by Crippen LogP contribution is -2.43. The number of nitrogens with one attached hydrogen (secondary N) is 3. The Bertz CT molecular complexity index is 1160. The number of benzene rings is 1. The third-order valence-corrected chi connectivity index (χ3v) is 8.05. The zero-order chi connectivity index (χ0) is 29.5. The number of aliphatic carboxylic acids is 1. The third-order valence-electron chi connectivity index (χ3n) is 8.05. The molecule has 2 bridgehead atoms. The standard InChI is InChI=1S/C29H41N5O7/c1-18(2)34-22-7-6-21(29(40)32-31-14-11-25(37)38)28(41-17-24(34)36)26(22)27(39)20-4-3-15-33(16-20)23(35)8-5-19-9-12-30-13-10-19/h6-7,18-20,30-31H,3-5,8-17H2,1-2H3,(H,32,40)(H,37,38)/t20-/m1/s1. The fourth-order valence-corrected chi connectivity index (χ4v) is 5.90. The van der Waals surface area contributed by atoms with E-state index in [4.69, 9.17) is 9.84 Å². The van der Waals surface area contributed by atoms with E-state index in [1.807, 2.05) is 13.8 Å². The smallest absolute Gasteiger partial charge is 0.304 e. The minimum Gasteiger partial charge on any atom is -0.482 e. The molecular weight excluding hydrogens is 530 g/mol. The number of hydrogen-bond donors (Lipinski definition) is 4. The van der Waals surface area contributed by atoms with Gasteiger partial charge in [-0.25, -0.2) is 5.43 Å². The summed E-state index contributed by atoms with van der Waals surface area (Å²) in [5.41, 5.74) is 5.62. The van der Waals surface area contributed by atoms with Gasteiger partial charge in [0.1, 0.15) is 5.75 Å². The molecule has 12 nitrogen and oxygen atoms in total. The zero-order valence-electron chi connectivity index (χ0n) is 23.9. The quantitative estimate of drug-likeness (QED) is 0.176. The minimum absolute atomic E-state index is 0.00429. The number of carbonyl (C=O) groups excluding carboxylic acids is 4. The van der Waals surface area contributed by atoms with Crippen molar-refractivity contribution in [3.05, 3.63) is 23.3 Å². The number of fused-ring (bicyclic) bond motifs is 2. The first-order valence-electron chi connectivity index (χ1n) is 14.6. The van der Waals surface area contributed by atoms with Crippen LogP contribution in [0.2, 0.25) is 0 Å². The maximum absolute atomic E-state index is 14.2. The van der Waals surface area contributed by atoms with Gasteiger partial charge in [-0.2, -0.15) is 0 Å². The van der Waals surface area contributed by atoms with Gasteiger partial charge in [-0.1, -0.05) is 0 Å². The number of amides is 3. The average molecular weight is 572 g/mol. The third kappa shape index (κ3) is 7.42. The van der Waals surface area contributed by atoms with Crippen molar-refractivity contribution in [1.29, 1.82) is 0 Å². The molecule has 224 valence electrons. The number of rotatable bonds is 11. The predicted molar refractivity (Wildman–Crippen MR) is 151 cm³/mol. The van der Waals surface area contributed by atoms with Gasteiger partial charge in [0.25, 0.3) is 11.8 Å². The Balaban J connectivity index is 1.56. The van der Waals surface area contributed by atoms with Gasteiger partial charge in [-0.05, 0) is 77.1 Å². The second-order valence-electron chi connectivity index (χ2n) is 11.3. The van der Waals surface area contributed by atoms with Gasteiger partial charge in [-0.3, -0.25) is 29.4 Å². The van der Waals surface area contributed by atoms with E-state index < -0.39 is 17.8 Å². The number of anilines is 1. The maximum Gasteiger partial charge on any atom is 0.304 e. The molecule has 0 aliphatic carbocycles. The van der Waals surface area contributed by atoms with Crippen LogP contribution >= 0.6 is 0 Å². The van der Waals surface area contributed by atoms with Crippen molar-refractivity contribution in [3.63, 3.8) is 0 Å². The maximum atomic E-state index is 14.2. The molecule has 0 aromatic heterocycles. The van der Waals surface area contributed by atoms with Crippen molar-refractivity contribution in [1.82, 2.24) is 21.1 Å². The molecule has 1 atom stereocenters. The second-order valence-corrected chi connectivity index (χ2v) is 11.3. The summed E-state index contributed by atoms with van der Waals surface area (Å²) in [4.78, 5) is 67.4. The topological polar surface area (TPSA) is 157 Å². The number of carboxylic acid groups (broad SMARTS) is 1. The highest BCUT2D eigenvalue weighted by molar-refractivity contribution is 6.13. The van der Waals surface area contributed by atoms with Crippen LogP contribution in [-0.2, 0) is 14.4 Å². The molecule has 4 N–H and O–H groups in total. The van der Waals surface area contributed by atoms with Crippen molar-refractivity contribution < 1.29 is 33.8 Å². The van der Waals surface area contributed by atoms with Crippen LogP contribution in [0.25, 0.3) is 0 Å². The number of ether oxygens (including phenoxy) is 1. The van der Waals surface area contributed by atoms with Crippen molar-refractivity contribution >= 4 is 35.2 Å². The molecule has 4 rings (SSSR count). The van der Waals surface area contributed by atoms with Gasteiger partial charge in [0.2, 0.25) is 5.91 Å². The first-order chi connectivity index (χ1) is 19.7. The highest BCUT2D eigenvalue weighted by atomic mass is 16.5. The Kier molecular flexibility index (Phi) is 10.3. The highest BCUT2D eigenvalue weighted by Crippen LogP contribution is 2.39. The van der Waals surface area contributed by atoms with Gasteiger partial charge in [0.15, 0.2) is 12.4 Å². The number of likely N-dealkylation sites (tertiary alicyclic amines) is 1. The van der Waals surface area contributed by atoms with Gasteiger partial charge < -0.3 is 25.0 Å². The summed E-state index contributed by atoms with van der Waals surface area (Å²) >= 11 is 0. The van der Waals surface area contributed by atoms with Gasteiger partial charge in [0, 0.05) is 38.0 Å². The minimum atomic E-state index is -1.02. The summed E-state index contributed by atoms with van der Waals surface area (Å²) in [6, 6.07) is 2.82. The number of carboxylic acids is 1. The van der Waals surface area contributed by atoms with Crippen LogP contribution in [0, 0.1) is 11.8 Å². The molecule has 2 saturated heterocycles. The Labute approximate surface area is 240 Å². The SMILES string of the molecule is CC(C)N1C(=O)COc2c(C(=O)NNCCC(=O)O)ccc1c2C(=O)[C@@H]1CCCN(C(=O)CCC2CCNCC2)C1. The molecule has 1 aromatic carbocycles. The van der Waals surface area contributed by atoms with E-state index in [1.165, 1.54) is 11.0 Å². The van der Waals surface area contributed by atoms with Crippen LogP contribution in [0.3, 0.4) is 0 Å². The van der Waals surface area contributed by atoms with Crippen molar-refractivity contribution in [3.8, 4) is 5.75 Å². The fraction of sp³-hybridized carbons (Fsp3) is 0.621. The number of Topliss-reactive ketones (excluding diaryl/α,β-unsaturated/α-hetero) is 1. The van der Waals surface area contributed by atoms with Crippen LogP contribution in [-0.4, -0.2) is 84.9 Å². The number of carbonyl (C=O) groups is 5. The summed E-state index contributed by atoms with van der Waals surface area (Å²) in [5.74, 6) is -2.11. The summed E-state index contributed by atoms with van der Waals surface area (Å²) in [6.07, 6.45) is 4.53. The summed E-state index contributed by atoms with van der Waals surface area (Å²) in [7, 11) is 0. The van der Waals surface area contributed by atoms with Gasteiger partial charge >= 0.3 is 5.97 Å². The lowest BCUT2D eigenvalue weighted by molar-refractivity contribution is -0.137. The highest BCUT2D eigenvalue weighted by Gasteiger charge is 2.38. The molecule has 0 unspecified atom stereocenters. The van der Waals surface area contributed by atoms with E-state index in [2.05, 4.69) is 16.2 Å². The summed E-state index contributed by atoms with van der Waals surface area (Å²) in [6.45, 7) is 6.20. The molecule has 41 heavy (non-hydrogen) atoms. The largest absolute Gasteiger partial charge is 0.482 e. The second kappa shape index (κ2) is 13.9. The van der Waals surface area contributed by atoms with E-state index in [0.29, 0.717) is 37.4 Å². The first-order valence-corrected chi connectivity index (χ1v) is 14.6. The Hall–Kier alpha value is -3.51. The van der Waals surface area contributed by atoms with E-state index in [-0.39, 0.29) is 66.6 Å². The Morgan fingerprint density at radius 2 is 1.88 bits per heavy atom. The lowest BCUT2D eigenvalue weighted by Gasteiger charge is -2.34. The van der Waals surface area contributed by atoms with E-state index in [1.54, 1.807) is 11.0 Å². The van der Waals surface area contributed by atoms with Crippen molar-refractivity contribution in [2.24, 2.45) is 11.8 Å². The van der Waals surface area contributed by atoms with Gasteiger partial charge in [-0.15, -0.1) is 0 Å². The lowest BCUT2D eigenvalue weighted by atomic mass is 9.87. The molecular formula is C29H41N5O7. The normalized spacial score (nSPS) is 19.5. The van der Waals surface area contributed by atoms with Crippen LogP contribution in [0.15, 0.2) is 12.1 Å². The van der Waals surface area contributed by atoms with Crippen LogP contribution < -0.4 is 25.8 Å². The number of hydrogen-bond acceptors (Lipinski definition) is 8. The van der Waals surface area contributed by atoms with Crippen molar-refractivity contribution in [2.75, 3.05) is 44.2 Å². The molecule has 2 fully saturated rings. The average Bonchev–Trinajstić information content (AvgIpc) is 3.06. The molecule has 0 radical (unpaired) electrons. The van der Waals surface area contributed by atoms with Crippen molar-refractivity contribution in [2.45, 2.75) is 64.8 Å². The molecule has 0 spiro atoms. The summed E-state index contributed by atoms with van der Waals surface area (Å²) in [5, 5.41) is 12.2. The van der Waals surface area contributed by atoms with Crippen LogP contribution in [0.5, 0.6) is 5.75 Å². The first kappa shape index (κ1) is 30.4. The number of piperidine rings is 2. The monoisotopic (exact) mass is 571 g/mol. The molecule has 3 aliphatic heterocycles. The number of ketones is 1. The predicted octanol–water partition coefficient (Wildman–Crippen LogP) is 1.73. The molecule has 3 aliphatic rings. The molecule has 0 saturated carbocycles. The Morgan fingerprint density at radius 3 is 2.59 bits per heavy atom. The molecule has 1 aromatic rings. The zero-order valence-corrected chi connectivity index (χ0v) is 23.9. The molecule has 12 heteroatoms. The Morgan fingerprint density at radius 1 is 1.12 bits per heavy atom. The fourth-order valence-electron chi connectivity index (χ4n) is 5.90. The number of hydrazine groups is 1. The molecule has 3 heterocycles. The van der Waals surface area contributed by atoms with Crippen LogP contribution in [0.4, 0.5) is 5.69 Å². The van der Waals surface area contributed by atoms with Crippen LogP contribution in [0.1, 0.15) is 79.5 Å². The number of nitrogens with zero attached hydrogens (tertiary/aromatic N) is 2. The summed E-state index contributed by atoms with van der Waals surface area (Å²) < 4.78 is 5.84. The van der Waals surface area contributed by atoms with E-state index in [9.17, 15) is 24.0 Å². The van der Waals surface area contributed by atoms with E-state index >= 15 is 0 Å². The van der Waals surface area contributed by atoms with E-state index in [0.717, 1.165) is 32.4 Å². The molecule has 3 amide bonds.